The van der Waals surface area contributed by atoms with Crippen molar-refractivity contribution in [3.05, 3.63) is 120 Å². The Bertz CT molecular complexity index is 1720. The molecular weight excluding hydrogens is 531 g/mol. The molecule has 0 radical (unpaired) electrons. The molecule has 2 aromatic carbocycles. The van der Waals surface area contributed by atoms with E-state index in [1.54, 1.807) is 32.1 Å². The van der Waals surface area contributed by atoms with Gasteiger partial charge >= 0.3 is 5.97 Å². The van der Waals surface area contributed by atoms with Gasteiger partial charge in [0.1, 0.15) is 29.7 Å². The second-order valence-corrected chi connectivity index (χ2v) is 9.80. The molecule has 38 heavy (non-hydrogen) atoms. The van der Waals surface area contributed by atoms with E-state index in [0.717, 1.165) is 5.56 Å². The van der Waals surface area contributed by atoms with Crippen molar-refractivity contribution in [3.63, 3.8) is 0 Å². The van der Waals surface area contributed by atoms with Crippen LogP contribution in [0.4, 0.5) is 4.39 Å². The molecule has 0 amide bonds. The molecule has 194 valence electrons. The summed E-state index contributed by atoms with van der Waals surface area (Å²) >= 11 is 7.22. The van der Waals surface area contributed by atoms with Gasteiger partial charge in [-0.05, 0) is 49.7 Å². The molecule has 4 aromatic rings. The van der Waals surface area contributed by atoms with Gasteiger partial charge in [-0.2, -0.15) is 0 Å². The number of hydrogen-bond donors (Lipinski definition) is 0. The van der Waals surface area contributed by atoms with Gasteiger partial charge in [0, 0.05) is 6.08 Å². The zero-order chi connectivity index (χ0) is 26.8. The average molecular weight is 553 g/mol. The number of nitrogens with zero attached hydrogens (tertiary/aromatic N) is 2. The smallest absolute Gasteiger partial charge is 0.338 e. The summed E-state index contributed by atoms with van der Waals surface area (Å²) in [6, 6.07) is 15.9. The Morgan fingerprint density at radius 1 is 1.21 bits per heavy atom. The van der Waals surface area contributed by atoms with E-state index in [4.69, 9.17) is 25.5 Å². The first-order chi connectivity index (χ1) is 18.4. The maximum atomic E-state index is 13.6. The monoisotopic (exact) mass is 552 g/mol. The summed E-state index contributed by atoms with van der Waals surface area (Å²) < 4.78 is 31.9. The fourth-order valence-electron chi connectivity index (χ4n) is 4.16. The van der Waals surface area contributed by atoms with Gasteiger partial charge < -0.3 is 13.9 Å². The Balaban J connectivity index is 1.49. The predicted octanol–water partition coefficient (Wildman–Crippen LogP) is 4.76. The minimum Gasteiger partial charge on any atom is -0.484 e. The Labute approximate surface area is 225 Å². The molecule has 1 aliphatic rings. The summed E-state index contributed by atoms with van der Waals surface area (Å²) in [5.74, 6) is 0.300. The third kappa shape index (κ3) is 5.07. The van der Waals surface area contributed by atoms with Crippen molar-refractivity contribution in [2.75, 3.05) is 6.61 Å². The number of halogens is 2. The highest BCUT2D eigenvalue weighted by Gasteiger charge is 2.33. The average Bonchev–Trinajstić information content (AvgIpc) is 3.47. The van der Waals surface area contributed by atoms with Gasteiger partial charge in [0.15, 0.2) is 4.80 Å². The molecule has 10 heteroatoms. The topological polar surface area (TPSA) is 83.0 Å². The number of esters is 1. The first-order valence-corrected chi connectivity index (χ1v) is 13.0. The third-order valence-corrected chi connectivity index (χ3v) is 7.13. The number of fused-ring (bicyclic) bond motifs is 1. The number of allylic oxidation sites excluding steroid dienone is 1. The van der Waals surface area contributed by atoms with Crippen molar-refractivity contribution < 1.29 is 23.1 Å². The minimum absolute atomic E-state index is 0.0660. The number of ether oxygens (including phenoxy) is 2. The molecule has 0 spiro atoms. The van der Waals surface area contributed by atoms with Crippen LogP contribution in [-0.4, -0.2) is 17.1 Å². The van der Waals surface area contributed by atoms with Crippen molar-refractivity contribution >= 4 is 35.0 Å². The zero-order valence-electron chi connectivity index (χ0n) is 20.4. The van der Waals surface area contributed by atoms with Gasteiger partial charge in [-0.1, -0.05) is 53.3 Å². The number of carbonyl (C=O) groups is 1. The second-order valence-electron chi connectivity index (χ2n) is 8.38. The Morgan fingerprint density at radius 3 is 2.74 bits per heavy atom. The molecule has 0 saturated carbocycles. The van der Waals surface area contributed by atoms with Crippen LogP contribution in [0, 0.1) is 5.82 Å². The number of furan rings is 1. The first kappa shape index (κ1) is 25.7. The molecular formula is C28H22ClFN2O5S. The maximum absolute atomic E-state index is 13.6. The van der Waals surface area contributed by atoms with Gasteiger partial charge in [0.2, 0.25) is 0 Å². The van der Waals surface area contributed by atoms with Crippen LogP contribution in [0.15, 0.2) is 86.1 Å². The van der Waals surface area contributed by atoms with E-state index < -0.39 is 17.8 Å². The number of hydrogen-bond acceptors (Lipinski definition) is 7. The molecule has 5 rings (SSSR count). The van der Waals surface area contributed by atoms with Crippen LogP contribution in [0.3, 0.4) is 0 Å². The van der Waals surface area contributed by atoms with Crippen molar-refractivity contribution in [1.29, 1.82) is 0 Å². The minimum atomic E-state index is -0.672. The highest BCUT2D eigenvalue weighted by molar-refractivity contribution is 7.07. The zero-order valence-corrected chi connectivity index (χ0v) is 22.0. The highest BCUT2D eigenvalue weighted by atomic mass is 35.5. The lowest BCUT2D eigenvalue weighted by molar-refractivity contribution is -0.139. The number of thiazole rings is 1. The number of rotatable bonds is 7. The van der Waals surface area contributed by atoms with Crippen LogP contribution >= 0.6 is 22.9 Å². The van der Waals surface area contributed by atoms with E-state index in [1.165, 1.54) is 34.1 Å². The van der Waals surface area contributed by atoms with E-state index >= 15 is 0 Å². The van der Waals surface area contributed by atoms with Crippen molar-refractivity contribution in [2.24, 2.45) is 4.99 Å². The fraction of sp³-hybridized carbons (Fsp3) is 0.179. The molecule has 0 fully saturated rings. The standard InChI is InChI=1S/C28H22ClFN2O5S/c1-3-35-27(34)24-16(2)31-28-32(25(24)17-7-5-4-6-8-17)26(33)23(38-28)14-19-10-11-20(37-19)15-36-22-12-9-18(30)13-21(22)29/h4-14,25H,3,15H2,1-2H3/t25-/m0/s1. The van der Waals surface area contributed by atoms with Gasteiger partial charge in [0.25, 0.3) is 5.56 Å². The largest absolute Gasteiger partial charge is 0.484 e. The Morgan fingerprint density at radius 2 is 2.00 bits per heavy atom. The van der Waals surface area contributed by atoms with Crippen molar-refractivity contribution in [3.8, 4) is 5.75 Å². The van der Waals surface area contributed by atoms with Crippen LogP contribution in [-0.2, 0) is 16.1 Å². The molecule has 1 atom stereocenters. The summed E-state index contributed by atoms with van der Waals surface area (Å²) in [6.07, 6.45) is 1.63. The molecule has 7 nitrogen and oxygen atoms in total. The quantitative estimate of drug-likeness (QED) is 0.309. The van der Waals surface area contributed by atoms with E-state index in [1.807, 2.05) is 30.3 Å². The number of carbonyl (C=O) groups excluding carboxylic acids is 1. The lowest BCUT2D eigenvalue weighted by atomic mass is 9.96. The van der Waals surface area contributed by atoms with E-state index in [2.05, 4.69) is 4.99 Å². The van der Waals surface area contributed by atoms with E-state index in [9.17, 15) is 14.0 Å². The van der Waals surface area contributed by atoms with Crippen molar-refractivity contribution in [2.45, 2.75) is 26.5 Å². The van der Waals surface area contributed by atoms with Crippen LogP contribution in [0.5, 0.6) is 5.75 Å². The van der Waals surface area contributed by atoms with Gasteiger partial charge in [-0.25, -0.2) is 14.2 Å². The molecule has 0 unspecified atom stereocenters. The number of aromatic nitrogens is 1. The Kier molecular flexibility index (Phi) is 7.31. The van der Waals surface area contributed by atoms with Gasteiger partial charge in [-0.3, -0.25) is 9.36 Å². The molecule has 0 saturated heterocycles. The number of benzene rings is 2. The van der Waals surface area contributed by atoms with Crippen LogP contribution < -0.4 is 19.6 Å². The molecule has 0 bridgehead atoms. The summed E-state index contributed by atoms with van der Waals surface area (Å²) in [4.78, 5) is 31.6. The molecule has 0 N–H and O–H groups in total. The molecule has 1 aliphatic heterocycles. The fourth-order valence-corrected chi connectivity index (χ4v) is 5.41. The summed E-state index contributed by atoms with van der Waals surface area (Å²) in [6.45, 7) is 3.75. The van der Waals surface area contributed by atoms with Crippen molar-refractivity contribution in [1.82, 2.24) is 4.57 Å². The second kappa shape index (κ2) is 10.8. The van der Waals surface area contributed by atoms with Crippen LogP contribution in [0.2, 0.25) is 5.02 Å². The normalized spacial score (nSPS) is 15.3. The highest BCUT2D eigenvalue weighted by Crippen LogP contribution is 2.30. The van der Waals surface area contributed by atoms with E-state index in [0.29, 0.717) is 37.9 Å². The predicted molar refractivity (Wildman–Crippen MR) is 141 cm³/mol. The van der Waals surface area contributed by atoms with Gasteiger partial charge in [0.05, 0.1) is 33.5 Å². The van der Waals surface area contributed by atoms with Crippen LogP contribution in [0.25, 0.3) is 6.08 Å². The molecule has 3 heterocycles. The Hall–Kier alpha value is -3.95. The lowest BCUT2D eigenvalue weighted by Crippen LogP contribution is -2.39. The first-order valence-electron chi connectivity index (χ1n) is 11.8. The molecule has 0 aliphatic carbocycles. The SMILES string of the molecule is CCOC(=O)C1=C(C)N=c2sc(=Cc3ccc(COc4ccc(F)cc4Cl)o3)c(=O)n2[C@H]1c1ccccc1. The van der Waals surface area contributed by atoms with E-state index in [-0.39, 0.29) is 23.8 Å². The summed E-state index contributed by atoms with van der Waals surface area (Å²) in [7, 11) is 0. The van der Waals surface area contributed by atoms with Crippen LogP contribution in [0.1, 0.15) is 37.0 Å². The lowest BCUT2D eigenvalue weighted by Gasteiger charge is -2.24. The summed E-state index contributed by atoms with van der Waals surface area (Å²) in [5, 5.41) is 0.156. The summed E-state index contributed by atoms with van der Waals surface area (Å²) in [5.41, 5.74) is 1.30. The molecule has 2 aromatic heterocycles. The maximum Gasteiger partial charge on any atom is 0.338 e. The van der Waals surface area contributed by atoms with Gasteiger partial charge in [-0.15, -0.1) is 0 Å². The third-order valence-electron chi connectivity index (χ3n) is 5.85.